The van der Waals surface area contributed by atoms with Gasteiger partial charge in [-0.15, -0.1) is 0 Å². The average Bonchev–Trinajstić information content (AvgIpc) is 2.82. The van der Waals surface area contributed by atoms with E-state index in [2.05, 4.69) is 11.4 Å². The second-order valence-electron chi connectivity index (χ2n) is 11.5. The molecule has 0 unspecified atom stereocenters. The van der Waals surface area contributed by atoms with Crippen LogP contribution in [0.1, 0.15) is 68.6 Å². The lowest BCUT2D eigenvalue weighted by Crippen LogP contribution is -2.48. The molecule has 0 radical (unpaired) electrons. The Bertz CT molecular complexity index is 1200. The fourth-order valence-corrected chi connectivity index (χ4v) is 7.52. The summed E-state index contributed by atoms with van der Waals surface area (Å²) in [5, 5.41) is 23.0. The van der Waals surface area contributed by atoms with Gasteiger partial charge in [0, 0.05) is 30.7 Å². The topological polar surface area (TPSA) is 95.9 Å². The van der Waals surface area contributed by atoms with E-state index in [1.165, 1.54) is 45.4 Å². The molecule has 6 nitrogen and oxygen atoms in total. The van der Waals surface area contributed by atoms with E-state index < -0.39 is 5.97 Å². The smallest absolute Gasteiger partial charge is 0.328 e. The summed E-state index contributed by atoms with van der Waals surface area (Å²) in [5.41, 5.74) is 4.82. The minimum Gasteiger partial charge on any atom is -0.508 e. The number of carboxylic acids is 1. The molecule has 4 aliphatic rings. The highest BCUT2D eigenvalue weighted by Crippen LogP contribution is 2.62. The van der Waals surface area contributed by atoms with E-state index in [0.29, 0.717) is 31.1 Å². The predicted octanol–water partition coefficient (Wildman–Crippen LogP) is 5.84. The number of nitrogens with one attached hydrogen (secondary N) is 1. The first-order valence-electron chi connectivity index (χ1n) is 13.5. The lowest BCUT2D eigenvalue weighted by Gasteiger charge is -2.57. The van der Waals surface area contributed by atoms with E-state index in [4.69, 9.17) is 9.84 Å². The highest BCUT2D eigenvalue weighted by Gasteiger charge is 2.52. The second kappa shape index (κ2) is 10.2. The second-order valence-corrected chi connectivity index (χ2v) is 11.5. The maximum Gasteiger partial charge on any atom is 0.328 e. The Kier molecular flexibility index (Phi) is 7.02. The molecule has 1 amide bonds. The van der Waals surface area contributed by atoms with Crippen LogP contribution in [0.5, 0.6) is 11.5 Å². The van der Waals surface area contributed by atoms with Gasteiger partial charge in [-0.3, -0.25) is 4.79 Å². The van der Waals surface area contributed by atoms with Gasteiger partial charge >= 0.3 is 5.97 Å². The number of phenols is 1. The van der Waals surface area contributed by atoms with Gasteiger partial charge in [0.25, 0.3) is 0 Å². The fourth-order valence-electron chi connectivity index (χ4n) is 7.52. The SMILES string of the molecule is CC(=O)NCCCOc1cc(/C=C/C(=O)O)ccc1-c1cc(C23CC4CC(CC(C4)C2)C3)c(O)cc1C. The molecule has 0 aromatic heterocycles. The Morgan fingerprint density at radius 3 is 2.35 bits per heavy atom. The van der Waals surface area contributed by atoms with Crippen molar-refractivity contribution in [2.75, 3.05) is 13.2 Å². The van der Waals surface area contributed by atoms with Crippen molar-refractivity contribution < 1.29 is 24.5 Å². The lowest BCUT2D eigenvalue weighted by atomic mass is 9.48. The standard InChI is InChI=1S/C31H37NO5/c1-19-10-28(34)27(31-16-22-11-23(17-31)13-24(12-22)18-31)15-26(19)25-6-4-21(5-7-30(35)36)14-29(25)37-9-3-8-32-20(2)33/h4-7,10,14-15,22-24,34H,3,8-9,11-13,16-18H2,1-2H3,(H,32,33)(H,35,36)/b7-5+. The molecule has 37 heavy (non-hydrogen) atoms. The first-order valence-corrected chi connectivity index (χ1v) is 13.5. The van der Waals surface area contributed by atoms with E-state index in [1.54, 1.807) is 6.08 Å². The summed E-state index contributed by atoms with van der Waals surface area (Å²) < 4.78 is 6.20. The van der Waals surface area contributed by atoms with Crippen molar-refractivity contribution in [1.29, 1.82) is 0 Å². The summed E-state index contributed by atoms with van der Waals surface area (Å²) in [6, 6.07) is 9.85. The number of amides is 1. The Balaban J connectivity index is 1.49. The van der Waals surface area contributed by atoms with E-state index in [-0.39, 0.29) is 11.3 Å². The van der Waals surface area contributed by atoms with Gasteiger partial charge in [0.2, 0.25) is 5.91 Å². The molecule has 3 N–H and O–H groups in total. The monoisotopic (exact) mass is 503 g/mol. The number of aromatic hydroxyl groups is 1. The lowest BCUT2D eigenvalue weighted by molar-refractivity contribution is -0.131. The molecule has 0 heterocycles. The molecular weight excluding hydrogens is 466 g/mol. The summed E-state index contributed by atoms with van der Waals surface area (Å²) in [7, 11) is 0. The predicted molar refractivity (Wildman–Crippen MR) is 144 cm³/mol. The fraction of sp³-hybridized carbons (Fsp3) is 0.484. The van der Waals surface area contributed by atoms with Gasteiger partial charge < -0.3 is 20.3 Å². The Labute approximate surface area is 218 Å². The van der Waals surface area contributed by atoms with Crippen LogP contribution in [-0.4, -0.2) is 35.2 Å². The van der Waals surface area contributed by atoms with E-state index >= 15 is 0 Å². The maximum absolute atomic E-state index is 11.2. The van der Waals surface area contributed by atoms with Crippen LogP contribution < -0.4 is 10.1 Å². The Morgan fingerprint density at radius 2 is 1.73 bits per heavy atom. The van der Waals surface area contributed by atoms with Crippen LogP contribution in [0.4, 0.5) is 0 Å². The number of benzene rings is 2. The van der Waals surface area contributed by atoms with Crippen LogP contribution in [-0.2, 0) is 15.0 Å². The molecule has 0 aliphatic heterocycles. The number of ether oxygens (including phenoxy) is 1. The third-order valence-corrected chi connectivity index (χ3v) is 8.62. The third kappa shape index (κ3) is 5.39. The molecule has 4 fully saturated rings. The number of phenolic OH excluding ortho intramolecular Hbond substituents is 1. The summed E-state index contributed by atoms with van der Waals surface area (Å²) in [6.07, 6.45) is 10.9. The number of aliphatic carboxylic acids is 1. The van der Waals surface area contributed by atoms with Gasteiger partial charge in [0.05, 0.1) is 6.61 Å². The Morgan fingerprint density at radius 1 is 1.05 bits per heavy atom. The van der Waals surface area contributed by atoms with Crippen LogP contribution in [0.15, 0.2) is 36.4 Å². The molecule has 6 rings (SSSR count). The normalized spacial score (nSPS) is 25.9. The highest BCUT2D eigenvalue weighted by atomic mass is 16.5. The number of rotatable bonds is 9. The minimum atomic E-state index is -1.00. The Hall–Kier alpha value is -3.28. The van der Waals surface area contributed by atoms with Gasteiger partial charge in [0.1, 0.15) is 11.5 Å². The summed E-state index contributed by atoms with van der Waals surface area (Å²) in [6.45, 7) is 4.44. The molecule has 4 bridgehead atoms. The van der Waals surface area contributed by atoms with Crippen molar-refractivity contribution in [3.8, 4) is 22.6 Å². The first kappa shape index (κ1) is 25.4. The number of aryl methyl sites for hydroxylation is 1. The van der Waals surface area contributed by atoms with Crippen LogP contribution in [0.3, 0.4) is 0 Å². The molecule has 196 valence electrons. The summed E-state index contributed by atoms with van der Waals surface area (Å²) >= 11 is 0. The zero-order chi connectivity index (χ0) is 26.2. The quantitative estimate of drug-likeness (QED) is 0.295. The highest BCUT2D eigenvalue weighted by molar-refractivity contribution is 5.86. The van der Waals surface area contributed by atoms with Gasteiger partial charge in [-0.2, -0.15) is 0 Å². The summed E-state index contributed by atoms with van der Waals surface area (Å²) in [4.78, 5) is 22.2. The van der Waals surface area contributed by atoms with Crippen LogP contribution in [0, 0.1) is 24.7 Å². The molecule has 4 saturated carbocycles. The number of hydrogen-bond acceptors (Lipinski definition) is 4. The number of hydrogen-bond donors (Lipinski definition) is 3. The third-order valence-electron chi connectivity index (χ3n) is 8.62. The first-order chi connectivity index (χ1) is 17.7. The van der Waals surface area contributed by atoms with Gasteiger partial charge in [-0.1, -0.05) is 12.1 Å². The number of carboxylic acid groups (broad SMARTS) is 1. The van der Waals surface area contributed by atoms with Crippen molar-refractivity contribution in [1.82, 2.24) is 5.32 Å². The molecule has 2 aromatic rings. The zero-order valence-electron chi connectivity index (χ0n) is 21.8. The van der Waals surface area contributed by atoms with Crippen molar-refractivity contribution in [2.24, 2.45) is 17.8 Å². The molecule has 0 spiro atoms. The van der Waals surface area contributed by atoms with Gasteiger partial charge in [-0.05, 0) is 116 Å². The molecular formula is C31H37NO5. The van der Waals surface area contributed by atoms with Gasteiger partial charge in [0.15, 0.2) is 0 Å². The van der Waals surface area contributed by atoms with Crippen molar-refractivity contribution in [3.05, 3.63) is 53.1 Å². The average molecular weight is 504 g/mol. The van der Waals surface area contributed by atoms with Crippen molar-refractivity contribution in [2.45, 2.75) is 64.2 Å². The minimum absolute atomic E-state index is 0.0603. The number of carbonyl (C=O) groups excluding carboxylic acids is 1. The molecule has 0 saturated heterocycles. The van der Waals surface area contributed by atoms with Crippen molar-refractivity contribution >= 4 is 18.0 Å². The largest absolute Gasteiger partial charge is 0.508 e. The van der Waals surface area contributed by atoms with E-state index in [9.17, 15) is 14.7 Å². The molecule has 6 heteroatoms. The van der Waals surface area contributed by atoms with Crippen LogP contribution in [0.25, 0.3) is 17.2 Å². The molecule has 2 aromatic carbocycles. The molecule has 4 aliphatic carbocycles. The van der Waals surface area contributed by atoms with Crippen LogP contribution in [0.2, 0.25) is 0 Å². The van der Waals surface area contributed by atoms with E-state index in [1.807, 2.05) is 31.2 Å². The zero-order valence-corrected chi connectivity index (χ0v) is 21.8. The number of carbonyl (C=O) groups is 2. The van der Waals surface area contributed by atoms with E-state index in [0.717, 1.165) is 51.6 Å². The van der Waals surface area contributed by atoms with Crippen molar-refractivity contribution in [3.63, 3.8) is 0 Å². The summed E-state index contributed by atoms with van der Waals surface area (Å²) in [5.74, 6) is 2.33. The van der Waals surface area contributed by atoms with Gasteiger partial charge in [-0.25, -0.2) is 4.79 Å². The maximum atomic E-state index is 11.2. The molecule has 0 atom stereocenters. The van der Waals surface area contributed by atoms with Crippen LogP contribution >= 0.6 is 0 Å².